The quantitative estimate of drug-likeness (QED) is 0.492. The second-order valence-corrected chi connectivity index (χ2v) is 7.36. The van der Waals surface area contributed by atoms with E-state index in [2.05, 4.69) is 10.6 Å². The highest BCUT2D eigenvalue weighted by molar-refractivity contribution is 6.43. The number of hydrogen-bond donors (Lipinski definition) is 4. The van der Waals surface area contributed by atoms with Crippen LogP contribution in [0.2, 0.25) is 0 Å². The summed E-state index contributed by atoms with van der Waals surface area (Å²) in [7, 11) is -1.67. The summed E-state index contributed by atoms with van der Waals surface area (Å²) < 4.78 is 13.1. The van der Waals surface area contributed by atoms with E-state index in [4.69, 9.17) is 0 Å². The lowest BCUT2D eigenvalue weighted by atomic mass is 9.75. The minimum absolute atomic E-state index is 0.168. The van der Waals surface area contributed by atoms with E-state index >= 15 is 0 Å². The largest absolute Gasteiger partial charge is 0.475 e. The zero-order valence-corrected chi connectivity index (χ0v) is 15.9. The van der Waals surface area contributed by atoms with Crippen LogP contribution in [0.4, 0.5) is 10.1 Å². The van der Waals surface area contributed by atoms with Crippen molar-refractivity contribution in [2.45, 2.75) is 51.6 Å². The third kappa shape index (κ3) is 5.67. The van der Waals surface area contributed by atoms with Gasteiger partial charge in [0.1, 0.15) is 17.9 Å². The van der Waals surface area contributed by atoms with Gasteiger partial charge in [0.25, 0.3) is 0 Å². The normalized spacial score (nSPS) is 18.5. The first-order valence-electron chi connectivity index (χ1n) is 9.18. The van der Waals surface area contributed by atoms with Gasteiger partial charge in [0.15, 0.2) is 0 Å². The summed E-state index contributed by atoms with van der Waals surface area (Å²) in [6.45, 7) is 6.04. The van der Waals surface area contributed by atoms with Crippen molar-refractivity contribution >= 4 is 24.6 Å². The predicted molar refractivity (Wildman–Crippen MR) is 101 cm³/mol. The first-order valence-corrected chi connectivity index (χ1v) is 9.18. The molecule has 1 saturated heterocycles. The van der Waals surface area contributed by atoms with Crippen molar-refractivity contribution in [3.63, 3.8) is 0 Å². The van der Waals surface area contributed by atoms with Crippen molar-refractivity contribution in [2.24, 2.45) is 5.92 Å². The van der Waals surface area contributed by atoms with Gasteiger partial charge in [0.2, 0.25) is 11.8 Å². The van der Waals surface area contributed by atoms with E-state index in [0.29, 0.717) is 19.4 Å². The highest BCUT2D eigenvalue weighted by atomic mass is 19.1. The van der Waals surface area contributed by atoms with Gasteiger partial charge in [-0.25, -0.2) is 4.39 Å². The minimum Gasteiger partial charge on any atom is -0.426 e. The summed E-state index contributed by atoms with van der Waals surface area (Å²) in [4.78, 5) is 26.6. The van der Waals surface area contributed by atoms with Crippen molar-refractivity contribution < 1.29 is 24.0 Å². The second-order valence-electron chi connectivity index (χ2n) is 7.36. The molecule has 27 heavy (non-hydrogen) atoms. The van der Waals surface area contributed by atoms with E-state index in [1.165, 1.54) is 12.1 Å². The van der Waals surface area contributed by atoms with E-state index in [1.807, 2.05) is 18.7 Å². The number of amides is 2. The number of hydrogen-bond acceptors (Lipinski definition) is 5. The lowest BCUT2D eigenvalue weighted by molar-refractivity contribution is -0.130. The molecule has 1 aromatic rings. The number of anilines is 1. The topological polar surface area (TPSA) is 102 Å². The number of nitrogens with one attached hydrogen (secondary N) is 2. The molecule has 2 rings (SSSR count). The molecule has 1 heterocycles. The lowest BCUT2D eigenvalue weighted by Crippen LogP contribution is -2.60. The Bertz CT molecular complexity index is 657. The molecule has 9 heteroatoms. The molecule has 0 radical (unpaired) electrons. The summed E-state index contributed by atoms with van der Waals surface area (Å²) >= 11 is 0. The lowest BCUT2D eigenvalue weighted by Gasteiger charge is -2.42. The van der Waals surface area contributed by atoms with Gasteiger partial charge in [-0.2, -0.15) is 0 Å². The van der Waals surface area contributed by atoms with Gasteiger partial charge < -0.3 is 25.6 Å². The zero-order valence-electron chi connectivity index (χ0n) is 15.9. The average Bonchev–Trinajstić information content (AvgIpc) is 2.54. The van der Waals surface area contributed by atoms with Crippen LogP contribution in [0.15, 0.2) is 24.3 Å². The van der Waals surface area contributed by atoms with Gasteiger partial charge in [-0.15, -0.1) is 0 Å². The molecule has 1 aliphatic rings. The monoisotopic (exact) mass is 379 g/mol. The van der Waals surface area contributed by atoms with E-state index < -0.39 is 31.1 Å². The van der Waals surface area contributed by atoms with Crippen LogP contribution in [-0.2, 0) is 9.59 Å². The maximum absolute atomic E-state index is 13.1. The molecular formula is C18H27BFN3O4. The fourth-order valence-electron chi connectivity index (χ4n) is 3.05. The average molecular weight is 379 g/mol. The Morgan fingerprint density at radius 2 is 1.85 bits per heavy atom. The second kappa shape index (κ2) is 9.19. The van der Waals surface area contributed by atoms with Crippen LogP contribution in [0.25, 0.3) is 0 Å². The Morgan fingerprint density at radius 1 is 1.22 bits per heavy atom. The van der Waals surface area contributed by atoms with Crippen LogP contribution in [0, 0.1) is 11.7 Å². The molecule has 2 amide bonds. The summed E-state index contributed by atoms with van der Waals surface area (Å²) in [5.41, 5.74) is 0.750. The first kappa shape index (κ1) is 21.2. The van der Waals surface area contributed by atoms with E-state index in [9.17, 15) is 24.0 Å². The number of carbonyl (C=O) groups is 2. The molecule has 3 unspecified atom stereocenters. The Labute approximate surface area is 159 Å². The van der Waals surface area contributed by atoms with Crippen LogP contribution in [-0.4, -0.2) is 53.6 Å². The fraction of sp³-hybridized carbons (Fsp3) is 0.556. The molecule has 0 spiro atoms. The Kier molecular flexibility index (Phi) is 7.21. The molecule has 0 aliphatic carbocycles. The highest BCUT2D eigenvalue weighted by Gasteiger charge is 2.36. The predicted octanol–water partition coefficient (Wildman–Crippen LogP) is 0.452. The molecule has 1 fully saturated rings. The number of carbonyl (C=O) groups excluding carboxylic acids is 2. The van der Waals surface area contributed by atoms with Crippen LogP contribution in [0.1, 0.15) is 33.6 Å². The fourth-order valence-corrected chi connectivity index (χ4v) is 3.05. The molecule has 1 aliphatic heterocycles. The molecule has 7 nitrogen and oxygen atoms in total. The maximum Gasteiger partial charge on any atom is 0.475 e. The van der Waals surface area contributed by atoms with Gasteiger partial charge in [-0.3, -0.25) is 9.59 Å². The number of benzene rings is 1. The SMILES string of the molecule is CC(C)CC(NC(=O)C(C)NC(=O)C1CCN1c1ccc(F)cc1)B(O)O. The van der Waals surface area contributed by atoms with Gasteiger partial charge in [-0.1, -0.05) is 13.8 Å². The number of rotatable bonds is 8. The van der Waals surface area contributed by atoms with Crippen molar-refractivity contribution in [3.05, 3.63) is 30.1 Å². The number of nitrogens with zero attached hydrogens (tertiary/aromatic N) is 1. The molecule has 4 N–H and O–H groups in total. The summed E-state index contributed by atoms with van der Waals surface area (Å²) in [5.74, 6) is -1.74. The van der Waals surface area contributed by atoms with Crippen molar-refractivity contribution in [1.82, 2.24) is 10.6 Å². The molecule has 0 bridgehead atoms. The van der Waals surface area contributed by atoms with Gasteiger partial charge >= 0.3 is 7.12 Å². The third-order valence-electron chi connectivity index (χ3n) is 4.65. The molecule has 148 valence electrons. The van der Waals surface area contributed by atoms with Crippen LogP contribution >= 0.6 is 0 Å². The van der Waals surface area contributed by atoms with Crippen molar-refractivity contribution in [1.29, 1.82) is 0 Å². The van der Waals surface area contributed by atoms with Gasteiger partial charge in [0.05, 0.1) is 5.94 Å². The Hall–Kier alpha value is -2.13. The molecule has 0 saturated carbocycles. The molecule has 3 atom stereocenters. The maximum atomic E-state index is 13.1. The smallest absolute Gasteiger partial charge is 0.426 e. The molecule has 1 aromatic carbocycles. The Morgan fingerprint density at radius 3 is 2.33 bits per heavy atom. The van der Waals surface area contributed by atoms with Crippen LogP contribution < -0.4 is 15.5 Å². The summed E-state index contributed by atoms with van der Waals surface area (Å²) in [5, 5.41) is 24.0. The highest BCUT2D eigenvalue weighted by Crippen LogP contribution is 2.26. The standard InChI is InChI=1S/C18H27BFN3O4/c1-11(2)10-16(19(26)27)22-17(24)12(3)21-18(25)15-8-9-23(15)14-6-4-13(20)5-7-14/h4-7,11-12,15-16,26-27H,8-10H2,1-3H3,(H,21,25)(H,22,24). The zero-order chi connectivity index (χ0) is 20.1. The summed E-state index contributed by atoms with van der Waals surface area (Å²) in [6.07, 6.45) is 1.05. The van der Waals surface area contributed by atoms with E-state index in [-0.39, 0.29) is 17.6 Å². The van der Waals surface area contributed by atoms with E-state index in [0.717, 1.165) is 5.69 Å². The minimum atomic E-state index is -1.67. The third-order valence-corrected chi connectivity index (χ3v) is 4.65. The van der Waals surface area contributed by atoms with Crippen LogP contribution in [0.3, 0.4) is 0 Å². The van der Waals surface area contributed by atoms with Crippen molar-refractivity contribution in [3.8, 4) is 0 Å². The van der Waals surface area contributed by atoms with Crippen molar-refractivity contribution in [2.75, 3.05) is 11.4 Å². The Balaban J connectivity index is 1.90. The molecule has 0 aromatic heterocycles. The van der Waals surface area contributed by atoms with Gasteiger partial charge in [0, 0.05) is 12.2 Å². The summed E-state index contributed by atoms with van der Waals surface area (Å²) in [6, 6.07) is 4.68. The van der Waals surface area contributed by atoms with Gasteiger partial charge in [-0.05, 0) is 49.9 Å². The van der Waals surface area contributed by atoms with E-state index in [1.54, 1.807) is 19.1 Å². The van der Waals surface area contributed by atoms with Crippen LogP contribution in [0.5, 0.6) is 0 Å². The molecular weight excluding hydrogens is 352 g/mol. The number of halogens is 1. The first-order chi connectivity index (χ1) is 12.7.